The molecule has 1 saturated carbocycles. The first-order valence-electron chi connectivity index (χ1n) is 5.72. The van der Waals surface area contributed by atoms with Crippen LogP contribution in [0.4, 0.5) is 0 Å². The highest BCUT2D eigenvalue weighted by molar-refractivity contribution is 6.30. The number of hydrogen-bond donors (Lipinski definition) is 0. The van der Waals surface area contributed by atoms with Gasteiger partial charge in [0.25, 0.3) is 0 Å². The molecule has 82 valence electrons. The summed E-state index contributed by atoms with van der Waals surface area (Å²) in [6.45, 7) is 7.02. The molecule has 0 radical (unpaired) electrons. The van der Waals surface area contributed by atoms with Crippen LogP contribution in [-0.4, -0.2) is 0 Å². The van der Waals surface area contributed by atoms with Gasteiger partial charge in [0.2, 0.25) is 0 Å². The Morgan fingerprint density at radius 3 is 2.40 bits per heavy atom. The van der Waals surface area contributed by atoms with Gasteiger partial charge in [0.05, 0.1) is 0 Å². The zero-order valence-corrected chi connectivity index (χ0v) is 10.5. The van der Waals surface area contributed by atoms with Gasteiger partial charge in [0, 0.05) is 5.02 Å². The average Bonchev–Trinajstić information content (AvgIpc) is 1.97. The lowest BCUT2D eigenvalue weighted by Gasteiger charge is -2.44. The molecular formula is C14H19Cl. The first kappa shape index (κ1) is 11.0. The Morgan fingerprint density at radius 2 is 1.87 bits per heavy atom. The van der Waals surface area contributed by atoms with Crippen molar-refractivity contribution in [2.24, 2.45) is 11.3 Å². The minimum Gasteiger partial charge on any atom is -0.0843 e. The summed E-state index contributed by atoms with van der Waals surface area (Å²) in [4.78, 5) is 0. The maximum Gasteiger partial charge on any atom is 0.0408 e. The largest absolute Gasteiger partial charge is 0.0843 e. The Hall–Kier alpha value is -0.490. The molecule has 0 heterocycles. The van der Waals surface area contributed by atoms with Crippen LogP contribution in [0.5, 0.6) is 0 Å². The molecule has 0 saturated heterocycles. The fourth-order valence-corrected chi connectivity index (χ4v) is 2.56. The van der Waals surface area contributed by atoms with Crippen molar-refractivity contribution in [3.63, 3.8) is 0 Å². The maximum absolute atomic E-state index is 6.00. The number of benzene rings is 1. The second-order valence-corrected chi connectivity index (χ2v) is 6.22. The lowest BCUT2D eigenvalue weighted by molar-refractivity contribution is 0.115. The molecule has 0 N–H and O–H groups in total. The summed E-state index contributed by atoms with van der Waals surface area (Å²) in [5, 5.41) is 0.867. The quantitative estimate of drug-likeness (QED) is 0.635. The van der Waals surface area contributed by atoms with Gasteiger partial charge in [0.1, 0.15) is 0 Å². The number of hydrogen-bond acceptors (Lipinski definition) is 0. The number of halogens is 1. The molecular weight excluding hydrogens is 204 g/mol. The van der Waals surface area contributed by atoms with Gasteiger partial charge in [-0.05, 0) is 47.8 Å². The topological polar surface area (TPSA) is 0 Å². The molecule has 0 amide bonds. The standard InChI is InChI=1S/C14H19Cl/c1-14(2,3)12-7-11(8-12)10-5-4-6-13(15)9-10/h4-6,9,11-12H,7-8H2,1-3H3. The van der Waals surface area contributed by atoms with E-state index in [4.69, 9.17) is 11.6 Å². The van der Waals surface area contributed by atoms with E-state index >= 15 is 0 Å². The summed E-state index contributed by atoms with van der Waals surface area (Å²) in [7, 11) is 0. The Balaban J connectivity index is 2.00. The van der Waals surface area contributed by atoms with Gasteiger partial charge in [-0.2, -0.15) is 0 Å². The lowest BCUT2D eigenvalue weighted by atomic mass is 9.61. The molecule has 1 aromatic rings. The van der Waals surface area contributed by atoms with Crippen molar-refractivity contribution in [3.05, 3.63) is 34.9 Å². The predicted molar refractivity (Wildman–Crippen MR) is 66.4 cm³/mol. The highest BCUT2D eigenvalue weighted by Crippen LogP contribution is 2.50. The van der Waals surface area contributed by atoms with Crippen molar-refractivity contribution < 1.29 is 0 Å². The van der Waals surface area contributed by atoms with Gasteiger partial charge < -0.3 is 0 Å². The Bertz CT molecular complexity index is 343. The molecule has 1 aliphatic carbocycles. The van der Waals surface area contributed by atoms with Gasteiger partial charge in [-0.25, -0.2) is 0 Å². The van der Waals surface area contributed by atoms with E-state index in [2.05, 4.69) is 39.0 Å². The Morgan fingerprint density at radius 1 is 1.20 bits per heavy atom. The van der Waals surface area contributed by atoms with Gasteiger partial charge in [-0.1, -0.05) is 44.5 Å². The highest BCUT2D eigenvalue weighted by Gasteiger charge is 2.37. The van der Waals surface area contributed by atoms with Crippen molar-refractivity contribution in [2.45, 2.75) is 39.5 Å². The zero-order chi connectivity index (χ0) is 11.1. The van der Waals surface area contributed by atoms with Crippen LogP contribution in [0.1, 0.15) is 45.1 Å². The van der Waals surface area contributed by atoms with E-state index in [9.17, 15) is 0 Å². The fourth-order valence-electron chi connectivity index (χ4n) is 2.36. The number of rotatable bonds is 1. The monoisotopic (exact) mass is 222 g/mol. The van der Waals surface area contributed by atoms with Crippen LogP contribution in [0.15, 0.2) is 24.3 Å². The molecule has 0 aromatic heterocycles. The van der Waals surface area contributed by atoms with Crippen molar-refractivity contribution in [2.75, 3.05) is 0 Å². The van der Waals surface area contributed by atoms with Crippen LogP contribution in [0.3, 0.4) is 0 Å². The van der Waals surface area contributed by atoms with Crippen LogP contribution in [0, 0.1) is 11.3 Å². The lowest BCUT2D eigenvalue weighted by Crippen LogP contribution is -2.32. The summed E-state index contributed by atoms with van der Waals surface area (Å²) < 4.78 is 0. The van der Waals surface area contributed by atoms with Gasteiger partial charge in [0.15, 0.2) is 0 Å². The third kappa shape index (κ3) is 2.36. The van der Waals surface area contributed by atoms with Gasteiger partial charge in [-0.15, -0.1) is 0 Å². The summed E-state index contributed by atoms with van der Waals surface area (Å²) in [5.41, 5.74) is 1.89. The smallest absolute Gasteiger partial charge is 0.0408 e. The first-order chi connectivity index (χ1) is 6.97. The van der Waals surface area contributed by atoms with E-state index in [1.165, 1.54) is 18.4 Å². The normalized spacial score (nSPS) is 26.1. The van der Waals surface area contributed by atoms with E-state index < -0.39 is 0 Å². The second kappa shape index (κ2) is 3.83. The molecule has 1 aliphatic rings. The SMILES string of the molecule is CC(C)(C)C1CC(c2cccc(Cl)c2)C1. The van der Waals surface area contributed by atoms with Crippen molar-refractivity contribution in [3.8, 4) is 0 Å². The maximum atomic E-state index is 6.00. The first-order valence-corrected chi connectivity index (χ1v) is 6.10. The predicted octanol–water partition coefficient (Wildman–Crippen LogP) is 4.88. The minimum atomic E-state index is 0.467. The summed E-state index contributed by atoms with van der Waals surface area (Å²) in [5.74, 6) is 1.62. The third-order valence-electron chi connectivity index (χ3n) is 3.68. The Labute approximate surface area is 97.6 Å². The van der Waals surface area contributed by atoms with Crippen molar-refractivity contribution in [1.82, 2.24) is 0 Å². The molecule has 15 heavy (non-hydrogen) atoms. The Kier molecular flexibility index (Phi) is 2.81. The minimum absolute atomic E-state index is 0.467. The van der Waals surface area contributed by atoms with Crippen LogP contribution in [0.2, 0.25) is 5.02 Å². The second-order valence-electron chi connectivity index (χ2n) is 5.79. The molecule has 1 fully saturated rings. The van der Waals surface area contributed by atoms with E-state index in [1.807, 2.05) is 6.07 Å². The molecule has 0 atom stereocenters. The molecule has 1 heteroatoms. The third-order valence-corrected chi connectivity index (χ3v) is 3.92. The van der Waals surface area contributed by atoms with E-state index in [1.54, 1.807) is 0 Å². The molecule has 0 bridgehead atoms. The van der Waals surface area contributed by atoms with Crippen molar-refractivity contribution >= 4 is 11.6 Å². The summed E-state index contributed by atoms with van der Waals surface area (Å²) in [6.07, 6.45) is 2.65. The van der Waals surface area contributed by atoms with Crippen LogP contribution in [-0.2, 0) is 0 Å². The van der Waals surface area contributed by atoms with Gasteiger partial charge in [-0.3, -0.25) is 0 Å². The fraction of sp³-hybridized carbons (Fsp3) is 0.571. The molecule has 2 rings (SSSR count). The molecule has 0 aliphatic heterocycles. The van der Waals surface area contributed by atoms with E-state index in [-0.39, 0.29) is 0 Å². The van der Waals surface area contributed by atoms with E-state index in [0.717, 1.165) is 16.9 Å². The van der Waals surface area contributed by atoms with Crippen LogP contribution < -0.4 is 0 Å². The van der Waals surface area contributed by atoms with Crippen molar-refractivity contribution in [1.29, 1.82) is 0 Å². The molecule has 0 spiro atoms. The molecule has 0 nitrogen and oxygen atoms in total. The zero-order valence-electron chi connectivity index (χ0n) is 9.76. The molecule has 0 unspecified atom stereocenters. The average molecular weight is 223 g/mol. The van der Waals surface area contributed by atoms with Gasteiger partial charge >= 0.3 is 0 Å². The summed E-state index contributed by atoms with van der Waals surface area (Å²) in [6, 6.07) is 8.33. The van der Waals surface area contributed by atoms with E-state index in [0.29, 0.717) is 5.41 Å². The van der Waals surface area contributed by atoms with Crippen LogP contribution >= 0.6 is 11.6 Å². The summed E-state index contributed by atoms with van der Waals surface area (Å²) >= 11 is 6.00. The van der Waals surface area contributed by atoms with Crippen LogP contribution in [0.25, 0.3) is 0 Å². The highest BCUT2D eigenvalue weighted by atomic mass is 35.5. The molecule has 1 aromatic carbocycles.